The van der Waals surface area contributed by atoms with E-state index in [1.54, 1.807) is 0 Å². The summed E-state index contributed by atoms with van der Waals surface area (Å²) < 4.78 is 6.26. The Morgan fingerprint density at radius 1 is 1.45 bits per heavy atom. The van der Waals surface area contributed by atoms with Crippen LogP contribution in [0, 0.1) is 0 Å². The van der Waals surface area contributed by atoms with E-state index in [1.165, 1.54) is 4.90 Å². The molecule has 0 aliphatic carbocycles. The van der Waals surface area contributed by atoms with Crippen LogP contribution in [-0.4, -0.2) is 40.4 Å². The molecule has 1 saturated heterocycles. The molecule has 1 aliphatic rings. The summed E-state index contributed by atoms with van der Waals surface area (Å²) in [4.78, 5) is 13.4. The van der Waals surface area contributed by atoms with Crippen LogP contribution in [0.15, 0.2) is 28.7 Å². The summed E-state index contributed by atoms with van der Waals surface area (Å²) in [6.07, 6.45) is 0.169. The minimum atomic E-state index is -0.850. The first kappa shape index (κ1) is 15.3. The summed E-state index contributed by atoms with van der Waals surface area (Å²) in [5.74, 6) is 0. The number of carbonyl (C=O) groups is 1. The van der Waals surface area contributed by atoms with Crippen LogP contribution in [0.25, 0.3) is 0 Å². The molecule has 0 radical (unpaired) electrons. The summed E-state index contributed by atoms with van der Waals surface area (Å²) in [5.41, 5.74) is -0.307. The van der Waals surface area contributed by atoms with E-state index in [2.05, 4.69) is 15.9 Å². The van der Waals surface area contributed by atoms with Crippen molar-refractivity contribution in [1.29, 1.82) is 0 Å². The number of benzene rings is 1. The van der Waals surface area contributed by atoms with E-state index in [1.807, 2.05) is 45.0 Å². The molecule has 0 bridgehead atoms. The van der Waals surface area contributed by atoms with E-state index >= 15 is 0 Å². The maximum Gasteiger partial charge on any atom is 0.410 e. The molecule has 1 aromatic rings. The number of nitrogens with zero attached hydrogens (tertiary/aromatic N) is 1. The van der Waals surface area contributed by atoms with Gasteiger partial charge in [0.15, 0.2) is 0 Å². The van der Waals surface area contributed by atoms with Gasteiger partial charge in [-0.25, -0.2) is 4.79 Å². The van der Waals surface area contributed by atoms with E-state index in [0.29, 0.717) is 19.5 Å². The van der Waals surface area contributed by atoms with Crippen LogP contribution in [0.2, 0.25) is 0 Å². The fourth-order valence-corrected chi connectivity index (χ4v) is 2.71. The topological polar surface area (TPSA) is 49.8 Å². The first-order chi connectivity index (χ1) is 9.17. The zero-order valence-corrected chi connectivity index (χ0v) is 13.6. The van der Waals surface area contributed by atoms with Crippen molar-refractivity contribution in [3.05, 3.63) is 34.3 Å². The number of rotatable bonds is 2. The van der Waals surface area contributed by atoms with Crippen LogP contribution in [0.5, 0.6) is 0 Å². The molecule has 20 heavy (non-hydrogen) atoms. The van der Waals surface area contributed by atoms with Crippen LogP contribution >= 0.6 is 15.9 Å². The second-order valence-electron chi connectivity index (χ2n) is 6.37. The highest BCUT2D eigenvalue weighted by Gasteiger charge is 2.45. The van der Waals surface area contributed by atoms with Crippen LogP contribution in [0.1, 0.15) is 26.3 Å². The molecular formula is C15H20BrNO3. The van der Waals surface area contributed by atoms with Crippen molar-refractivity contribution < 1.29 is 14.6 Å². The molecule has 1 aliphatic heterocycles. The molecule has 110 valence electrons. The number of ether oxygens (including phenoxy) is 1. The van der Waals surface area contributed by atoms with Gasteiger partial charge in [0.25, 0.3) is 0 Å². The number of β-amino-alcohol motifs (C(OH)–C–C–N with tert-alkyl or cyclic N) is 1. The van der Waals surface area contributed by atoms with Crippen molar-refractivity contribution in [2.45, 2.75) is 38.4 Å². The van der Waals surface area contributed by atoms with Crippen LogP contribution in [0.4, 0.5) is 4.79 Å². The molecule has 1 aromatic carbocycles. The number of amides is 1. The molecule has 1 fully saturated rings. The zero-order valence-electron chi connectivity index (χ0n) is 12.0. The minimum absolute atomic E-state index is 0.314. The minimum Gasteiger partial charge on any atom is -0.444 e. The van der Waals surface area contributed by atoms with Crippen molar-refractivity contribution >= 4 is 22.0 Å². The molecule has 2 rings (SSSR count). The van der Waals surface area contributed by atoms with E-state index in [0.717, 1.165) is 10.0 Å². The first-order valence-electron chi connectivity index (χ1n) is 6.62. The summed E-state index contributed by atoms with van der Waals surface area (Å²) in [7, 11) is 0. The number of hydrogen-bond acceptors (Lipinski definition) is 3. The van der Waals surface area contributed by atoms with E-state index in [4.69, 9.17) is 4.74 Å². The van der Waals surface area contributed by atoms with Gasteiger partial charge in [0, 0.05) is 10.9 Å². The van der Waals surface area contributed by atoms with Crippen molar-refractivity contribution in [1.82, 2.24) is 4.90 Å². The van der Waals surface area contributed by atoms with Gasteiger partial charge in [0.1, 0.15) is 11.2 Å². The first-order valence-corrected chi connectivity index (χ1v) is 7.41. The third-order valence-corrected chi connectivity index (χ3v) is 3.54. The summed E-state index contributed by atoms with van der Waals surface area (Å²) in [5, 5.41) is 10.4. The Hall–Kier alpha value is -1.07. The Balaban J connectivity index is 1.89. The predicted octanol–water partition coefficient (Wildman–Crippen LogP) is 2.97. The Morgan fingerprint density at radius 3 is 2.65 bits per heavy atom. The Labute approximate surface area is 127 Å². The van der Waals surface area contributed by atoms with Gasteiger partial charge in [-0.1, -0.05) is 28.1 Å². The van der Waals surface area contributed by atoms with Gasteiger partial charge in [0.05, 0.1) is 13.1 Å². The highest BCUT2D eigenvalue weighted by molar-refractivity contribution is 9.10. The lowest BCUT2D eigenvalue weighted by molar-refractivity contribution is -0.0973. The van der Waals surface area contributed by atoms with E-state index < -0.39 is 11.2 Å². The van der Waals surface area contributed by atoms with Crippen molar-refractivity contribution in [3.8, 4) is 0 Å². The standard InChI is InChI=1S/C15H20BrNO3/c1-14(2,3)20-13(18)17-9-15(19,10-17)8-11-5-4-6-12(16)7-11/h4-7,19H,8-10H2,1-3H3. The van der Waals surface area contributed by atoms with Crippen molar-refractivity contribution in [3.63, 3.8) is 0 Å². The number of halogens is 1. The number of hydrogen-bond donors (Lipinski definition) is 1. The normalized spacial score (nSPS) is 17.6. The Kier molecular flexibility index (Phi) is 4.12. The molecule has 0 atom stereocenters. The van der Waals surface area contributed by atoms with Crippen LogP contribution in [-0.2, 0) is 11.2 Å². The highest BCUT2D eigenvalue weighted by Crippen LogP contribution is 2.27. The predicted molar refractivity (Wildman–Crippen MR) is 80.6 cm³/mol. The summed E-state index contributed by atoms with van der Waals surface area (Å²) in [6.45, 7) is 6.12. The molecule has 0 spiro atoms. The smallest absolute Gasteiger partial charge is 0.410 e. The van der Waals surface area contributed by atoms with Gasteiger partial charge in [-0.3, -0.25) is 0 Å². The van der Waals surface area contributed by atoms with Crippen molar-refractivity contribution in [2.24, 2.45) is 0 Å². The molecule has 4 nitrogen and oxygen atoms in total. The molecule has 0 aromatic heterocycles. The fourth-order valence-electron chi connectivity index (χ4n) is 2.26. The largest absolute Gasteiger partial charge is 0.444 e. The van der Waals surface area contributed by atoms with Gasteiger partial charge >= 0.3 is 6.09 Å². The van der Waals surface area contributed by atoms with Crippen molar-refractivity contribution in [2.75, 3.05) is 13.1 Å². The maximum atomic E-state index is 11.8. The third kappa shape index (κ3) is 3.96. The lowest BCUT2D eigenvalue weighted by Crippen LogP contribution is -2.65. The van der Waals surface area contributed by atoms with Crippen LogP contribution in [0.3, 0.4) is 0 Å². The van der Waals surface area contributed by atoms with E-state index in [9.17, 15) is 9.90 Å². The summed E-state index contributed by atoms with van der Waals surface area (Å²) in [6, 6.07) is 7.83. The Morgan fingerprint density at radius 2 is 2.10 bits per heavy atom. The number of likely N-dealkylation sites (tertiary alicyclic amines) is 1. The molecule has 0 saturated carbocycles. The second-order valence-corrected chi connectivity index (χ2v) is 7.28. The third-order valence-electron chi connectivity index (χ3n) is 3.04. The van der Waals surface area contributed by atoms with Gasteiger partial charge in [-0.15, -0.1) is 0 Å². The lowest BCUT2D eigenvalue weighted by Gasteiger charge is -2.46. The fraction of sp³-hybridized carbons (Fsp3) is 0.533. The SMILES string of the molecule is CC(C)(C)OC(=O)N1CC(O)(Cc2cccc(Br)c2)C1. The molecule has 1 amide bonds. The van der Waals surface area contributed by atoms with Gasteiger partial charge in [-0.2, -0.15) is 0 Å². The second kappa shape index (κ2) is 5.37. The molecule has 1 N–H and O–H groups in total. The average molecular weight is 342 g/mol. The van der Waals surface area contributed by atoms with Gasteiger partial charge < -0.3 is 14.7 Å². The number of carbonyl (C=O) groups excluding carboxylic acids is 1. The molecular weight excluding hydrogens is 322 g/mol. The quantitative estimate of drug-likeness (QED) is 0.899. The highest BCUT2D eigenvalue weighted by atomic mass is 79.9. The van der Waals surface area contributed by atoms with Gasteiger partial charge in [0.2, 0.25) is 0 Å². The van der Waals surface area contributed by atoms with Gasteiger partial charge in [-0.05, 0) is 38.5 Å². The number of aliphatic hydroxyl groups is 1. The molecule has 5 heteroatoms. The summed E-state index contributed by atoms with van der Waals surface area (Å²) >= 11 is 3.41. The van der Waals surface area contributed by atoms with E-state index in [-0.39, 0.29) is 6.09 Å². The Bertz CT molecular complexity index is 504. The van der Waals surface area contributed by atoms with Crippen LogP contribution < -0.4 is 0 Å². The lowest BCUT2D eigenvalue weighted by atomic mass is 9.87. The average Bonchev–Trinajstić information content (AvgIpc) is 2.23. The maximum absolute atomic E-state index is 11.8. The molecule has 1 heterocycles. The monoisotopic (exact) mass is 341 g/mol. The zero-order chi connectivity index (χ0) is 15.0. The molecule has 0 unspecified atom stereocenters.